The van der Waals surface area contributed by atoms with Crippen LogP contribution in [-0.2, 0) is 17.9 Å². The van der Waals surface area contributed by atoms with E-state index in [1.807, 2.05) is 55.5 Å². The predicted octanol–water partition coefficient (Wildman–Crippen LogP) is 2.16. The van der Waals surface area contributed by atoms with Gasteiger partial charge in [-0.15, -0.1) is 0 Å². The van der Waals surface area contributed by atoms with Gasteiger partial charge in [0.15, 0.2) is 17.5 Å². The fourth-order valence-electron chi connectivity index (χ4n) is 2.67. The summed E-state index contributed by atoms with van der Waals surface area (Å²) < 4.78 is 10.5. The van der Waals surface area contributed by atoms with Crippen molar-refractivity contribution in [3.8, 4) is 11.5 Å². The summed E-state index contributed by atoms with van der Waals surface area (Å²) in [4.78, 5) is 18.5. The highest BCUT2D eigenvalue weighted by atomic mass is 16.5. The molecule has 2 aromatic carbocycles. The number of likely N-dealkylation sites (N-methyl/N-ethyl adjacent to an activating group) is 1. The van der Waals surface area contributed by atoms with Gasteiger partial charge in [0.2, 0.25) is 5.91 Å². The monoisotopic (exact) mass is 384 g/mol. The van der Waals surface area contributed by atoms with Crippen LogP contribution < -0.4 is 20.5 Å². The van der Waals surface area contributed by atoms with E-state index in [0.717, 1.165) is 11.1 Å². The summed E-state index contributed by atoms with van der Waals surface area (Å²) in [5.74, 6) is 1.48. The molecule has 0 saturated carbocycles. The van der Waals surface area contributed by atoms with Gasteiger partial charge in [-0.1, -0.05) is 36.4 Å². The molecule has 0 bridgehead atoms. The van der Waals surface area contributed by atoms with E-state index in [1.54, 1.807) is 19.1 Å². The van der Waals surface area contributed by atoms with Gasteiger partial charge < -0.3 is 25.4 Å². The van der Waals surface area contributed by atoms with Gasteiger partial charge in [0.1, 0.15) is 0 Å². The van der Waals surface area contributed by atoms with Crippen LogP contribution in [0.1, 0.15) is 18.1 Å². The van der Waals surface area contributed by atoms with E-state index >= 15 is 0 Å². The fourth-order valence-corrected chi connectivity index (χ4v) is 2.67. The van der Waals surface area contributed by atoms with Crippen LogP contribution >= 0.6 is 0 Å². The molecule has 0 aliphatic heterocycles. The molecule has 3 N–H and O–H groups in total. The Bertz CT molecular complexity index is 793. The molecule has 0 atom stereocenters. The van der Waals surface area contributed by atoms with E-state index in [1.165, 1.54) is 0 Å². The SMILES string of the molecule is CCN(Cc1ccccc1)C(=O)CNC(N)=NCc1ccc(OC)c(OC)c1. The molecule has 2 rings (SSSR count). The summed E-state index contributed by atoms with van der Waals surface area (Å²) in [5, 5.41) is 2.88. The number of hydrogen-bond acceptors (Lipinski definition) is 4. The van der Waals surface area contributed by atoms with Gasteiger partial charge in [-0.2, -0.15) is 0 Å². The molecule has 0 heterocycles. The van der Waals surface area contributed by atoms with Gasteiger partial charge in [0.05, 0.1) is 27.3 Å². The highest BCUT2D eigenvalue weighted by Crippen LogP contribution is 2.27. The Labute approximate surface area is 166 Å². The molecular formula is C21H28N4O3. The maximum absolute atomic E-state index is 12.4. The molecule has 0 aromatic heterocycles. The second kappa shape index (κ2) is 10.8. The van der Waals surface area contributed by atoms with Crippen LogP contribution in [0.3, 0.4) is 0 Å². The van der Waals surface area contributed by atoms with E-state index in [4.69, 9.17) is 15.2 Å². The molecule has 0 saturated heterocycles. The third-order valence-electron chi connectivity index (χ3n) is 4.25. The molecule has 2 aromatic rings. The number of guanidine groups is 1. The zero-order valence-corrected chi connectivity index (χ0v) is 16.6. The van der Waals surface area contributed by atoms with Crippen molar-refractivity contribution in [3.63, 3.8) is 0 Å². The molecule has 7 nitrogen and oxygen atoms in total. The lowest BCUT2D eigenvalue weighted by Crippen LogP contribution is -2.42. The number of carbonyl (C=O) groups excluding carboxylic acids is 1. The van der Waals surface area contributed by atoms with E-state index in [2.05, 4.69) is 10.3 Å². The Hall–Kier alpha value is -3.22. The minimum absolute atomic E-state index is 0.0318. The first-order chi connectivity index (χ1) is 13.6. The van der Waals surface area contributed by atoms with Crippen LogP contribution in [0.4, 0.5) is 0 Å². The van der Waals surface area contributed by atoms with Crippen molar-refractivity contribution in [2.45, 2.75) is 20.0 Å². The zero-order valence-electron chi connectivity index (χ0n) is 16.6. The molecule has 0 unspecified atom stereocenters. The van der Waals surface area contributed by atoms with Gasteiger partial charge in [0.25, 0.3) is 0 Å². The second-order valence-corrected chi connectivity index (χ2v) is 6.14. The average molecular weight is 384 g/mol. The standard InChI is InChI=1S/C21H28N4O3/c1-4-25(15-16-8-6-5-7-9-16)20(26)14-24-21(22)23-13-17-10-11-18(27-2)19(12-17)28-3/h5-12H,4,13-15H2,1-3H3,(H3,22,23,24). The number of benzene rings is 2. The van der Waals surface area contributed by atoms with Crippen LogP contribution in [0.2, 0.25) is 0 Å². The minimum Gasteiger partial charge on any atom is -0.493 e. The smallest absolute Gasteiger partial charge is 0.242 e. The van der Waals surface area contributed by atoms with Gasteiger partial charge in [-0.05, 0) is 30.2 Å². The second-order valence-electron chi connectivity index (χ2n) is 6.14. The van der Waals surface area contributed by atoms with Gasteiger partial charge in [0, 0.05) is 13.1 Å². The van der Waals surface area contributed by atoms with Crippen LogP contribution in [0.25, 0.3) is 0 Å². The lowest BCUT2D eigenvalue weighted by Gasteiger charge is -2.21. The maximum atomic E-state index is 12.4. The first kappa shape index (κ1) is 21.1. The van der Waals surface area contributed by atoms with Crippen LogP contribution in [-0.4, -0.2) is 44.1 Å². The number of rotatable bonds is 9. The Morgan fingerprint density at radius 2 is 1.79 bits per heavy atom. The normalized spacial score (nSPS) is 11.0. The molecule has 0 spiro atoms. The molecule has 28 heavy (non-hydrogen) atoms. The van der Waals surface area contributed by atoms with Crippen LogP contribution in [0.5, 0.6) is 11.5 Å². The van der Waals surface area contributed by atoms with Gasteiger partial charge in [-0.25, -0.2) is 4.99 Å². The van der Waals surface area contributed by atoms with E-state index in [-0.39, 0.29) is 18.4 Å². The zero-order chi connectivity index (χ0) is 20.4. The summed E-state index contributed by atoms with van der Waals surface area (Å²) >= 11 is 0. The first-order valence-electron chi connectivity index (χ1n) is 9.13. The number of nitrogens with zero attached hydrogens (tertiary/aromatic N) is 2. The largest absolute Gasteiger partial charge is 0.493 e. The molecule has 1 amide bonds. The van der Waals surface area contributed by atoms with Crippen molar-refractivity contribution in [1.82, 2.24) is 10.2 Å². The molecule has 0 radical (unpaired) electrons. The highest BCUT2D eigenvalue weighted by Gasteiger charge is 2.12. The van der Waals surface area contributed by atoms with Gasteiger partial charge in [-0.3, -0.25) is 4.79 Å². The molecule has 150 valence electrons. The van der Waals surface area contributed by atoms with E-state index in [9.17, 15) is 4.79 Å². The van der Waals surface area contributed by atoms with E-state index in [0.29, 0.717) is 31.1 Å². The molecule has 7 heteroatoms. The van der Waals surface area contributed by atoms with Crippen molar-refractivity contribution in [1.29, 1.82) is 0 Å². The van der Waals surface area contributed by atoms with Crippen molar-refractivity contribution >= 4 is 11.9 Å². The summed E-state index contributed by atoms with van der Waals surface area (Å²) in [5.41, 5.74) is 7.92. The summed E-state index contributed by atoms with van der Waals surface area (Å²) in [6, 6.07) is 15.4. The summed E-state index contributed by atoms with van der Waals surface area (Å²) in [6.07, 6.45) is 0. The Balaban J connectivity index is 1.88. The molecule has 0 aliphatic carbocycles. The fraction of sp³-hybridized carbons (Fsp3) is 0.333. The Morgan fingerprint density at radius 1 is 1.07 bits per heavy atom. The topological polar surface area (TPSA) is 89.2 Å². The lowest BCUT2D eigenvalue weighted by atomic mass is 10.2. The van der Waals surface area contributed by atoms with Crippen LogP contribution in [0, 0.1) is 0 Å². The number of ether oxygens (including phenoxy) is 2. The summed E-state index contributed by atoms with van der Waals surface area (Å²) in [6.45, 7) is 3.62. The van der Waals surface area contributed by atoms with Crippen molar-refractivity contribution < 1.29 is 14.3 Å². The quantitative estimate of drug-likeness (QED) is 0.511. The number of amides is 1. The van der Waals surface area contributed by atoms with Crippen molar-refractivity contribution in [2.75, 3.05) is 27.3 Å². The first-order valence-corrected chi connectivity index (χ1v) is 9.13. The van der Waals surface area contributed by atoms with Gasteiger partial charge >= 0.3 is 0 Å². The number of hydrogen-bond donors (Lipinski definition) is 2. The number of carbonyl (C=O) groups is 1. The highest BCUT2D eigenvalue weighted by molar-refractivity contribution is 5.85. The Morgan fingerprint density at radius 3 is 2.43 bits per heavy atom. The van der Waals surface area contributed by atoms with E-state index < -0.39 is 0 Å². The number of nitrogens with two attached hydrogens (primary N) is 1. The van der Waals surface area contributed by atoms with Crippen molar-refractivity contribution in [2.24, 2.45) is 10.7 Å². The molecule has 0 aliphatic rings. The lowest BCUT2D eigenvalue weighted by molar-refractivity contribution is -0.130. The Kier molecular flexibility index (Phi) is 8.14. The predicted molar refractivity (Wildman–Crippen MR) is 110 cm³/mol. The minimum atomic E-state index is -0.0318. The average Bonchev–Trinajstić information content (AvgIpc) is 2.74. The third kappa shape index (κ3) is 6.19. The molecule has 0 fully saturated rings. The maximum Gasteiger partial charge on any atom is 0.242 e. The number of methoxy groups -OCH3 is 2. The summed E-state index contributed by atoms with van der Waals surface area (Å²) in [7, 11) is 3.17. The van der Waals surface area contributed by atoms with Crippen LogP contribution in [0.15, 0.2) is 53.5 Å². The third-order valence-corrected chi connectivity index (χ3v) is 4.25. The van der Waals surface area contributed by atoms with Crippen molar-refractivity contribution in [3.05, 3.63) is 59.7 Å². The number of aliphatic imine (C=N–C) groups is 1. The number of nitrogens with one attached hydrogen (secondary N) is 1. The molecular weight excluding hydrogens is 356 g/mol.